The van der Waals surface area contributed by atoms with Crippen LogP contribution in [0.2, 0.25) is 0 Å². The fraction of sp³-hybridized carbons (Fsp3) is 0.278. The second-order valence-corrected chi connectivity index (χ2v) is 6.32. The lowest BCUT2D eigenvalue weighted by Gasteiger charge is -2.06. The molecule has 7 heteroatoms. The molecule has 0 aliphatic heterocycles. The van der Waals surface area contributed by atoms with Gasteiger partial charge in [0.2, 0.25) is 5.78 Å². The molecule has 3 heterocycles. The van der Waals surface area contributed by atoms with Crippen LogP contribution in [0, 0.1) is 6.92 Å². The number of benzene rings is 1. The lowest BCUT2D eigenvalue weighted by Crippen LogP contribution is -2.37. The molecular formula is C18H19N5O2. The van der Waals surface area contributed by atoms with Gasteiger partial charge in [0.1, 0.15) is 0 Å². The second-order valence-electron chi connectivity index (χ2n) is 6.32. The Kier molecular flexibility index (Phi) is 3.38. The third kappa shape index (κ3) is 2.23. The van der Waals surface area contributed by atoms with E-state index in [2.05, 4.69) is 21.7 Å². The predicted molar refractivity (Wildman–Crippen MR) is 96.1 cm³/mol. The van der Waals surface area contributed by atoms with Crippen molar-refractivity contribution in [2.24, 2.45) is 14.1 Å². The molecule has 3 aromatic heterocycles. The number of hydrogen-bond acceptors (Lipinski definition) is 3. The molecular weight excluding hydrogens is 318 g/mol. The van der Waals surface area contributed by atoms with Gasteiger partial charge in [-0.05, 0) is 18.9 Å². The van der Waals surface area contributed by atoms with Gasteiger partial charge in [0.15, 0.2) is 11.2 Å². The molecule has 0 saturated carbocycles. The third-order valence-corrected chi connectivity index (χ3v) is 4.72. The van der Waals surface area contributed by atoms with E-state index < -0.39 is 0 Å². The van der Waals surface area contributed by atoms with Crippen LogP contribution in [0.1, 0.15) is 11.3 Å². The van der Waals surface area contributed by atoms with E-state index in [4.69, 9.17) is 0 Å². The largest absolute Gasteiger partial charge is 0.332 e. The maximum absolute atomic E-state index is 12.6. The summed E-state index contributed by atoms with van der Waals surface area (Å²) in [5.41, 5.74) is 2.42. The highest BCUT2D eigenvalue weighted by Crippen LogP contribution is 2.16. The van der Waals surface area contributed by atoms with Crippen molar-refractivity contribution in [3.63, 3.8) is 0 Å². The van der Waals surface area contributed by atoms with E-state index in [0.717, 1.165) is 23.2 Å². The van der Waals surface area contributed by atoms with Gasteiger partial charge >= 0.3 is 5.69 Å². The third-order valence-electron chi connectivity index (χ3n) is 4.72. The zero-order valence-corrected chi connectivity index (χ0v) is 14.4. The van der Waals surface area contributed by atoms with E-state index >= 15 is 0 Å². The summed E-state index contributed by atoms with van der Waals surface area (Å²) in [6, 6.07) is 10.2. The van der Waals surface area contributed by atoms with Crippen molar-refractivity contribution in [2.45, 2.75) is 19.9 Å². The molecule has 7 nitrogen and oxygen atoms in total. The quantitative estimate of drug-likeness (QED) is 0.565. The minimum absolute atomic E-state index is 0.328. The number of fused-ring (bicyclic) bond motifs is 3. The predicted octanol–water partition coefficient (Wildman–Crippen LogP) is 1.24. The maximum Gasteiger partial charge on any atom is 0.332 e. The van der Waals surface area contributed by atoms with Crippen molar-refractivity contribution in [3.8, 4) is 0 Å². The zero-order valence-electron chi connectivity index (χ0n) is 14.4. The Hall–Kier alpha value is -3.09. The maximum atomic E-state index is 12.6. The SMILES string of the molecule is Cc1cn2c3c(=O)n(C)c(=O)n(C)c3nc2n1CCc1ccccc1. The van der Waals surface area contributed by atoms with Crippen molar-refractivity contribution in [1.82, 2.24) is 23.1 Å². The summed E-state index contributed by atoms with van der Waals surface area (Å²) in [4.78, 5) is 29.3. The molecule has 0 amide bonds. The number of aryl methyl sites for hydroxylation is 4. The van der Waals surface area contributed by atoms with Crippen LogP contribution in [0.4, 0.5) is 0 Å². The highest BCUT2D eigenvalue weighted by atomic mass is 16.2. The van der Waals surface area contributed by atoms with Crippen LogP contribution in [0.15, 0.2) is 46.1 Å². The van der Waals surface area contributed by atoms with Crippen LogP contribution in [0.25, 0.3) is 16.9 Å². The number of hydrogen-bond donors (Lipinski definition) is 0. The highest BCUT2D eigenvalue weighted by Gasteiger charge is 2.18. The molecule has 4 aromatic rings. The van der Waals surface area contributed by atoms with E-state index in [1.807, 2.05) is 31.3 Å². The van der Waals surface area contributed by atoms with Crippen molar-refractivity contribution in [3.05, 3.63) is 68.6 Å². The minimum atomic E-state index is -0.370. The topological polar surface area (TPSA) is 66.2 Å². The average molecular weight is 337 g/mol. The lowest BCUT2D eigenvalue weighted by atomic mass is 10.1. The van der Waals surface area contributed by atoms with Gasteiger partial charge in [-0.15, -0.1) is 0 Å². The molecule has 0 aliphatic rings. The summed E-state index contributed by atoms with van der Waals surface area (Å²) in [7, 11) is 3.13. The summed E-state index contributed by atoms with van der Waals surface area (Å²) in [6.45, 7) is 2.75. The standard InChI is InChI=1S/C18H19N5O2/c1-12-11-23-14-15(20(2)18(25)21(3)16(14)24)19-17(23)22(12)10-9-13-7-5-4-6-8-13/h4-8,11H,9-10H2,1-3H3. The Bertz CT molecular complexity index is 1210. The Morgan fingerprint density at radius 1 is 1.04 bits per heavy atom. The molecule has 128 valence electrons. The zero-order chi connectivity index (χ0) is 17.7. The first-order valence-electron chi connectivity index (χ1n) is 8.17. The molecule has 0 N–H and O–H groups in total. The van der Waals surface area contributed by atoms with Crippen LogP contribution in [0.5, 0.6) is 0 Å². The Balaban J connectivity index is 1.90. The molecule has 0 atom stereocenters. The first-order chi connectivity index (χ1) is 12.0. The molecule has 4 rings (SSSR count). The van der Waals surface area contributed by atoms with Crippen LogP contribution in [0.3, 0.4) is 0 Å². The van der Waals surface area contributed by atoms with Gasteiger partial charge in [-0.2, -0.15) is 4.98 Å². The summed E-state index contributed by atoms with van der Waals surface area (Å²) in [6.07, 6.45) is 2.77. The first-order valence-corrected chi connectivity index (χ1v) is 8.17. The van der Waals surface area contributed by atoms with Gasteiger partial charge in [0, 0.05) is 32.5 Å². The van der Waals surface area contributed by atoms with Gasteiger partial charge in [-0.1, -0.05) is 30.3 Å². The lowest BCUT2D eigenvalue weighted by molar-refractivity contribution is 0.692. The van der Waals surface area contributed by atoms with Crippen LogP contribution in [-0.4, -0.2) is 23.1 Å². The van der Waals surface area contributed by atoms with E-state index in [-0.39, 0.29) is 11.2 Å². The van der Waals surface area contributed by atoms with Crippen molar-refractivity contribution in [1.29, 1.82) is 0 Å². The average Bonchev–Trinajstić information content (AvgIpc) is 3.12. The first kappa shape index (κ1) is 15.4. The molecule has 1 aromatic carbocycles. The summed E-state index contributed by atoms with van der Waals surface area (Å²) in [5.74, 6) is 0.682. The fourth-order valence-corrected chi connectivity index (χ4v) is 3.29. The molecule has 0 saturated heterocycles. The second kappa shape index (κ2) is 5.47. The number of imidazole rings is 2. The van der Waals surface area contributed by atoms with Gasteiger partial charge in [0.25, 0.3) is 5.56 Å². The molecule has 25 heavy (non-hydrogen) atoms. The summed E-state index contributed by atoms with van der Waals surface area (Å²) >= 11 is 0. The van der Waals surface area contributed by atoms with Crippen molar-refractivity contribution in [2.75, 3.05) is 0 Å². The van der Waals surface area contributed by atoms with Crippen molar-refractivity contribution < 1.29 is 0 Å². The Morgan fingerprint density at radius 3 is 2.48 bits per heavy atom. The van der Waals surface area contributed by atoms with E-state index in [1.165, 1.54) is 17.2 Å². The number of rotatable bonds is 3. The number of aromatic nitrogens is 5. The molecule has 0 fully saturated rings. The molecule has 0 radical (unpaired) electrons. The van der Waals surface area contributed by atoms with E-state index in [9.17, 15) is 9.59 Å². The monoisotopic (exact) mass is 337 g/mol. The Morgan fingerprint density at radius 2 is 1.76 bits per heavy atom. The van der Waals surface area contributed by atoms with E-state index in [1.54, 1.807) is 11.4 Å². The summed E-state index contributed by atoms with van der Waals surface area (Å²) in [5, 5.41) is 0. The minimum Gasteiger partial charge on any atom is -0.314 e. The summed E-state index contributed by atoms with van der Waals surface area (Å²) < 4.78 is 6.40. The van der Waals surface area contributed by atoms with Gasteiger partial charge in [0.05, 0.1) is 0 Å². The fourth-order valence-electron chi connectivity index (χ4n) is 3.29. The molecule has 0 bridgehead atoms. The normalized spacial score (nSPS) is 11.6. The number of nitrogens with zero attached hydrogens (tertiary/aromatic N) is 5. The molecule has 0 spiro atoms. The van der Waals surface area contributed by atoms with Gasteiger partial charge in [-0.3, -0.25) is 18.3 Å². The van der Waals surface area contributed by atoms with Gasteiger partial charge in [-0.25, -0.2) is 4.79 Å². The van der Waals surface area contributed by atoms with Crippen LogP contribution in [-0.2, 0) is 27.1 Å². The van der Waals surface area contributed by atoms with Crippen LogP contribution < -0.4 is 11.2 Å². The van der Waals surface area contributed by atoms with Gasteiger partial charge < -0.3 is 4.57 Å². The molecule has 0 unspecified atom stereocenters. The van der Waals surface area contributed by atoms with Crippen LogP contribution >= 0.6 is 0 Å². The Labute approximate surface area is 143 Å². The van der Waals surface area contributed by atoms with E-state index in [0.29, 0.717) is 16.9 Å². The highest BCUT2D eigenvalue weighted by molar-refractivity contribution is 5.75. The molecule has 0 aliphatic carbocycles. The smallest absolute Gasteiger partial charge is 0.314 e. The van der Waals surface area contributed by atoms with Crippen molar-refractivity contribution >= 4 is 16.9 Å².